The molecule has 106 valence electrons. The van der Waals surface area contributed by atoms with E-state index in [1.807, 2.05) is 0 Å². The van der Waals surface area contributed by atoms with Crippen LogP contribution in [0.15, 0.2) is 0 Å². The van der Waals surface area contributed by atoms with Gasteiger partial charge in [0.05, 0.1) is 5.75 Å². The molecule has 2 fully saturated rings. The summed E-state index contributed by atoms with van der Waals surface area (Å²) in [5.74, 6) is 0.956. The van der Waals surface area contributed by atoms with Gasteiger partial charge in [-0.1, -0.05) is 20.8 Å². The molecule has 1 unspecified atom stereocenters. The summed E-state index contributed by atoms with van der Waals surface area (Å²) >= 11 is 0. The largest absolute Gasteiger partial charge is 0.312 e. The van der Waals surface area contributed by atoms with E-state index < -0.39 is 10.0 Å². The van der Waals surface area contributed by atoms with Gasteiger partial charge in [0.1, 0.15) is 0 Å². The molecule has 0 spiro atoms. The predicted molar refractivity (Wildman–Crippen MR) is 73.9 cm³/mol. The van der Waals surface area contributed by atoms with Crippen LogP contribution in [0.2, 0.25) is 0 Å². The minimum absolute atomic E-state index is 0.164. The van der Waals surface area contributed by atoms with Gasteiger partial charge in [-0.3, -0.25) is 0 Å². The lowest BCUT2D eigenvalue weighted by molar-refractivity contribution is 0.111. The molecule has 2 N–H and O–H groups in total. The van der Waals surface area contributed by atoms with Crippen molar-refractivity contribution in [1.82, 2.24) is 10.0 Å². The lowest BCUT2D eigenvalue weighted by Gasteiger charge is -2.43. The number of hydrogen-bond donors (Lipinski definition) is 2. The molecular weight excluding hydrogens is 248 g/mol. The Morgan fingerprint density at radius 3 is 2.44 bits per heavy atom. The maximum atomic E-state index is 11.4. The van der Waals surface area contributed by atoms with Crippen LogP contribution < -0.4 is 10.0 Å². The molecule has 0 aliphatic heterocycles. The Kier molecular flexibility index (Phi) is 3.54. The first-order valence-corrected chi connectivity index (χ1v) is 8.51. The van der Waals surface area contributed by atoms with Crippen LogP contribution in [0.5, 0.6) is 0 Å². The van der Waals surface area contributed by atoms with Crippen molar-refractivity contribution >= 4 is 10.0 Å². The first-order chi connectivity index (χ1) is 8.21. The molecular formula is C13H26N2O2S. The first-order valence-electron chi connectivity index (χ1n) is 6.86. The molecule has 5 heteroatoms. The maximum Gasteiger partial charge on any atom is 0.212 e. The van der Waals surface area contributed by atoms with Crippen LogP contribution in [0.3, 0.4) is 0 Å². The Morgan fingerprint density at radius 1 is 1.28 bits per heavy atom. The molecule has 2 rings (SSSR count). The van der Waals surface area contributed by atoms with Gasteiger partial charge in [-0.2, -0.15) is 0 Å². The van der Waals surface area contributed by atoms with Gasteiger partial charge in [0.25, 0.3) is 0 Å². The van der Waals surface area contributed by atoms with E-state index in [2.05, 4.69) is 30.8 Å². The summed E-state index contributed by atoms with van der Waals surface area (Å²) in [6, 6.07) is 0.441. The quantitative estimate of drug-likeness (QED) is 0.795. The summed E-state index contributed by atoms with van der Waals surface area (Å²) in [4.78, 5) is 0. The predicted octanol–water partition coefficient (Wildman–Crippen LogP) is 1.34. The van der Waals surface area contributed by atoms with Gasteiger partial charge in [-0.05, 0) is 43.1 Å². The van der Waals surface area contributed by atoms with Crippen molar-refractivity contribution in [2.45, 2.75) is 46.1 Å². The molecule has 0 radical (unpaired) electrons. The normalized spacial score (nSPS) is 38.2. The maximum absolute atomic E-state index is 11.4. The number of rotatable bonds is 5. The summed E-state index contributed by atoms with van der Waals surface area (Å²) in [6.07, 6.45) is 3.89. The third-order valence-electron chi connectivity index (χ3n) is 5.30. The SMILES string of the molecule is CNS(=O)(=O)CCNC1C(C)(C)[C@H]2CC[C@]1(C)C2. The second-order valence-corrected chi connectivity index (χ2v) is 8.87. The molecule has 2 bridgehead atoms. The van der Waals surface area contributed by atoms with Crippen LogP contribution >= 0.6 is 0 Å². The van der Waals surface area contributed by atoms with Crippen LogP contribution in [-0.4, -0.2) is 33.8 Å². The van der Waals surface area contributed by atoms with E-state index in [1.165, 1.54) is 26.3 Å². The number of nitrogens with one attached hydrogen (secondary N) is 2. The topological polar surface area (TPSA) is 58.2 Å². The molecule has 0 saturated heterocycles. The number of fused-ring (bicyclic) bond motifs is 2. The summed E-state index contributed by atoms with van der Waals surface area (Å²) in [7, 11) is -1.62. The fourth-order valence-corrected chi connectivity index (χ4v) is 4.84. The molecule has 0 heterocycles. The fraction of sp³-hybridized carbons (Fsp3) is 1.00. The zero-order valence-electron chi connectivity index (χ0n) is 11.9. The summed E-state index contributed by atoms with van der Waals surface area (Å²) < 4.78 is 25.2. The van der Waals surface area contributed by atoms with E-state index in [-0.39, 0.29) is 11.2 Å². The molecule has 4 nitrogen and oxygen atoms in total. The van der Waals surface area contributed by atoms with Crippen molar-refractivity contribution < 1.29 is 8.42 Å². The molecule has 2 aliphatic carbocycles. The van der Waals surface area contributed by atoms with Crippen LogP contribution in [0.1, 0.15) is 40.0 Å². The monoisotopic (exact) mass is 274 g/mol. The Labute approximate surface area is 111 Å². The highest BCUT2D eigenvalue weighted by molar-refractivity contribution is 7.89. The third kappa shape index (κ3) is 2.32. The molecule has 0 amide bonds. The third-order valence-corrected chi connectivity index (χ3v) is 6.66. The molecule has 2 aliphatic rings. The minimum Gasteiger partial charge on any atom is -0.312 e. The lowest BCUT2D eigenvalue weighted by Crippen LogP contribution is -2.51. The van der Waals surface area contributed by atoms with Crippen LogP contribution in [-0.2, 0) is 10.0 Å². The van der Waals surface area contributed by atoms with Gasteiger partial charge in [0, 0.05) is 12.6 Å². The van der Waals surface area contributed by atoms with Crippen molar-refractivity contribution in [1.29, 1.82) is 0 Å². The average molecular weight is 274 g/mol. The van der Waals surface area contributed by atoms with Crippen LogP contribution in [0.4, 0.5) is 0 Å². The Hall–Kier alpha value is -0.130. The van der Waals surface area contributed by atoms with E-state index in [0.717, 1.165) is 5.92 Å². The zero-order chi connectivity index (χ0) is 13.6. The first kappa shape index (κ1) is 14.3. The highest BCUT2D eigenvalue weighted by atomic mass is 32.2. The zero-order valence-corrected chi connectivity index (χ0v) is 12.7. The van der Waals surface area contributed by atoms with E-state index >= 15 is 0 Å². The van der Waals surface area contributed by atoms with Gasteiger partial charge in [-0.25, -0.2) is 13.1 Å². The Bertz CT molecular complexity index is 414. The standard InChI is InChI=1S/C13H26N2O2S/c1-12(2)10-5-6-13(3,9-10)11(12)15-7-8-18(16,17)14-4/h10-11,14-15H,5-9H2,1-4H3/t10-,11?,13+/m0/s1. The molecule has 0 aromatic heterocycles. The van der Waals surface area contributed by atoms with E-state index in [9.17, 15) is 8.42 Å². The molecule has 0 aromatic carbocycles. The van der Waals surface area contributed by atoms with Gasteiger partial charge >= 0.3 is 0 Å². The lowest BCUT2D eigenvalue weighted by atomic mass is 9.68. The molecule has 0 aromatic rings. The van der Waals surface area contributed by atoms with Gasteiger partial charge in [0.15, 0.2) is 0 Å². The van der Waals surface area contributed by atoms with Crippen molar-refractivity contribution in [2.75, 3.05) is 19.3 Å². The van der Waals surface area contributed by atoms with Crippen molar-refractivity contribution in [3.05, 3.63) is 0 Å². The second kappa shape index (κ2) is 4.46. The van der Waals surface area contributed by atoms with Crippen molar-refractivity contribution in [3.8, 4) is 0 Å². The summed E-state index contributed by atoms with van der Waals surface area (Å²) in [5, 5.41) is 3.52. The van der Waals surface area contributed by atoms with Crippen molar-refractivity contribution in [3.63, 3.8) is 0 Å². The fourth-order valence-electron chi connectivity index (χ4n) is 4.25. The molecule has 3 atom stereocenters. The Balaban J connectivity index is 1.97. The smallest absolute Gasteiger partial charge is 0.212 e. The van der Waals surface area contributed by atoms with Crippen molar-refractivity contribution in [2.24, 2.45) is 16.7 Å². The molecule has 2 saturated carbocycles. The van der Waals surface area contributed by atoms with Crippen LogP contribution in [0, 0.1) is 16.7 Å². The highest BCUT2D eigenvalue weighted by Crippen LogP contribution is 2.62. The van der Waals surface area contributed by atoms with E-state index in [1.54, 1.807) is 0 Å². The Morgan fingerprint density at radius 2 is 1.94 bits per heavy atom. The van der Waals surface area contributed by atoms with E-state index in [0.29, 0.717) is 18.0 Å². The van der Waals surface area contributed by atoms with Crippen LogP contribution in [0.25, 0.3) is 0 Å². The minimum atomic E-state index is -3.09. The van der Waals surface area contributed by atoms with E-state index in [4.69, 9.17) is 0 Å². The molecule has 18 heavy (non-hydrogen) atoms. The summed E-state index contributed by atoms with van der Waals surface area (Å²) in [6.45, 7) is 7.55. The average Bonchev–Trinajstić information content (AvgIpc) is 2.74. The number of sulfonamides is 1. The number of hydrogen-bond acceptors (Lipinski definition) is 3. The van der Waals surface area contributed by atoms with Gasteiger partial charge in [-0.15, -0.1) is 0 Å². The highest BCUT2D eigenvalue weighted by Gasteiger charge is 2.58. The summed E-state index contributed by atoms with van der Waals surface area (Å²) in [5.41, 5.74) is 0.647. The second-order valence-electron chi connectivity index (χ2n) is 6.83. The van der Waals surface area contributed by atoms with Gasteiger partial charge < -0.3 is 5.32 Å². The van der Waals surface area contributed by atoms with Gasteiger partial charge in [0.2, 0.25) is 10.0 Å².